The Balaban J connectivity index is 1.66. The van der Waals surface area contributed by atoms with Crippen LogP contribution >= 0.6 is 0 Å². The molecule has 0 aliphatic carbocycles. The predicted octanol–water partition coefficient (Wildman–Crippen LogP) is 0.353. The van der Waals surface area contributed by atoms with Crippen molar-refractivity contribution < 1.29 is 44.2 Å². The number of aromatic hydroxyl groups is 1. The van der Waals surface area contributed by atoms with Crippen LogP contribution in [0.4, 0.5) is 0 Å². The SMILES string of the molecule is COc1ccc(-c2coc3cc(O[C@@H]4OC(CO)[C@@H](O)[C@@H](O)C4O)cc(O)c3c2=O)cc1. The van der Waals surface area contributed by atoms with E-state index in [1.807, 2.05) is 0 Å². The molecule has 0 radical (unpaired) electrons. The summed E-state index contributed by atoms with van der Waals surface area (Å²) >= 11 is 0. The molecular weight excluding hydrogens is 424 g/mol. The molecule has 3 aromatic rings. The van der Waals surface area contributed by atoms with Crippen LogP contribution in [0.5, 0.6) is 17.2 Å². The van der Waals surface area contributed by atoms with Gasteiger partial charge in [0.1, 0.15) is 58.9 Å². The van der Waals surface area contributed by atoms with Crippen LogP contribution in [0.3, 0.4) is 0 Å². The average Bonchev–Trinajstić information content (AvgIpc) is 2.79. The van der Waals surface area contributed by atoms with Gasteiger partial charge in [0, 0.05) is 12.1 Å². The Kier molecular flexibility index (Phi) is 6.04. The second-order valence-electron chi connectivity index (χ2n) is 7.34. The molecule has 1 aliphatic rings. The number of aliphatic hydroxyl groups is 4. The van der Waals surface area contributed by atoms with Crippen LogP contribution < -0.4 is 14.9 Å². The lowest BCUT2D eigenvalue weighted by molar-refractivity contribution is -0.277. The molecule has 10 heteroatoms. The van der Waals surface area contributed by atoms with Crippen LogP contribution in [0.1, 0.15) is 0 Å². The van der Waals surface area contributed by atoms with E-state index >= 15 is 0 Å². The fourth-order valence-corrected chi connectivity index (χ4v) is 3.54. The van der Waals surface area contributed by atoms with Crippen LogP contribution in [0.2, 0.25) is 0 Å². The molecule has 1 aliphatic heterocycles. The van der Waals surface area contributed by atoms with Crippen LogP contribution in [-0.2, 0) is 4.74 Å². The Hall–Kier alpha value is -3.15. The van der Waals surface area contributed by atoms with Gasteiger partial charge in [0.25, 0.3) is 0 Å². The minimum Gasteiger partial charge on any atom is -0.507 e. The Morgan fingerprint density at radius 1 is 1.00 bits per heavy atom. The summed E-state index contributed by atoms with van der Waals surface area (Å²) < 4.78 is 21.4. The van der Waals surface area contributed by atoms with Gasteiger partial charge >= 0.3 is 0 Å². The highest BCUT2D eigenvalue weighted by molar-refractivity contribution is 5.88. The van der Waals surface area contributed by atoms with Crippen molar-refractivity contribution in [3.8, 4) is 28.4 Å². The molecule has 0 amide bonds. The van der Waals surface area contributed by atoms with E-state index in [4.69, 9.17) is 18.6 Å². The molecule has 5 N–H and O–H groups in total. The third-order valence-electron chi connectivity index (χ3n) is 5.33. The predicted molar refractivity (Wildman–Crippen MR) is 111 cm³/mol. The number of phenols is 1. The summed E-state index contributed by atoms with van der Waals surface area (Å²) in [6, 6.07) is 9.20. The summed E-state index contributed by atoms with van der Waals surface area (Å²) in [7, 11) is 1.53. The number of ether oxygens (including phenoxy) is 3. The molecule has 4 rings (SSSR count). The van der Waals surface area contributed by atoms with Crippen LogP contribution in [-0.4, -0.2) is 70.0 Å². The first-order chi connectivity index (χ1) is 15.3. The lowest BCUT2D eigenvalue weighted by Crippen LogP contribution is -2.60. The summed E-state index contributed by atoms with van der Waals surface area (Å²) in [4.78, 5) is 13.0. The first-order valence-electron chi connectivity index (χ1n) is 9.74. The Morgan fingerprint density at radius 3 is 2.38 bits per heavy atom. The van der Waals surface area contributed by atoms with Gasteiger partial charge in [0.2, 0.25) is 11.7 Å². The highest BCUT2D eigenvalue weighted by Gasteiger charge is 2.44. The molecule has 32 heavy (non-hydrogen) atoms. The summed E-state index contributed by atoms with van der Waals surface area (Å²) in [5.41, 5.74) is 0.362. The fourth-order valence-electron chi connectivity index (χ4n) is 3.54. The van der Waals surface area contributed by atoms with Crippen molar-refractivity contribution in [1.82, 2.24) is 0 Å². The molecule has 2 heterocycles. The number of benzene rings is 2. The van der Waals surface area contributed by atoms with Gasteiger partial charge in [-0.1, -0.05) is 12.1 Å². The van der Waals surface area contributed by atoms with Gasteiger partial charge in [0.15, 0.2) is 0 Å². The van der Waals surface area contributed by atoms with Crippen molar-refractivity contribution in [1.29, 1.82) is 0 Å². The number of hydrogen-bond donors (Lipinski definition) is 5. The van der Waals surface area contributed by atoms with E-state index in [2.05, 4.69) is 0 Å². The molecule has 0 spiro atoms. The lowest BCUT2D eigenvalue weighted by Gasteiger charge is -2.39. The smallest absolute Gasteiger partial charge is 0.229 e. The Labute approximate surface area is 181 Å². The maximum Gasteiger partial charge on any atom is 0.229 e. The minimum atomic E-state index is -1.63. The molecule has 2 aromatic carbocycles. The average molecular weight is 446 g/mol. The van der Waals surface area contributed by atoms with Gasteiger partial charge in [-0.3, -0.25) is 4.79 Å². The van der Waals surface area contributed by atoms with Crippen molar-refractivity contribution >= 4 is 11.0 Å². The van der Waals surface area contributed by atoms with Crippen molar-refractivity contribution in [2.24, 2.45) is 0 Å². The second-order valence-corrected chi connectivity index (χ2v) is 7.34. The quantitative estimate of drug-likeness (QED) is 0.370. The van der Waals surface area contributed by atoms with E-state index in [9.17, 15) is 30.3 Å². The molecule has 5 atom stereocenters. The van der Waals surface area contributed by atoms with Crippen LogP contribution in [0.15, 0.2) is 51.9 Å². The van der Waals surface area contributed by atoms with Gasteiger partial charge < -0.3 is 44.2 Å². The summed E-state index contributed by atoms with van der Waals surface area (Å²) in [6.07, 6.45) is -6.14. The third kappa shape index (κ3) is 3.90. The molecule has 0 bridgehead atoms. The van der Waals surface area contributed by atoms with Crippen molar-refractivity contribution in [3.05, 3.63) is 52.9 Å². The van der Waals surface area contributed by atoms with E-state index in [0.717, 1.165) is 6.07 Å². The van der Waals surface area contributed by atoms with Gasteiger partial charge in [-0.2, -0.15) is 0 Å². The molecular formula is C22H22O10. The molecule has 10 nitrogen and oxygen atoms in total. The number of phenolic OH excluding ortho intramolecular Hbond substituents is 1. The lowest BCUT2D eigenvalue weighted by atomic mass is 9.99. The first kappa shape index (κ1) is 22.1. The summed E-state index contributed by atoms with van der Waals surface area (Å²) in [5.74, 6) is 0.169. The summed E-state index contributed by atoms with van der Waals surface area (Å²) in [5, 5.41) is 49.6. The van der Waals surface area contributed by atoms with E-state index < -0.39 is 48.5 Å². The standard InChI is InChI=1S/C22H22O10/c1-29-11-4-2-10(3-5-11)13-9-30-15-7-12(6-14(24)17(15)18(13)25)31-22-21(28)20(27)19(26)16(8-23)32-22/h2-7,9,16,19-24,26-28H,8H2,1H3/t16?,19-,20-,21?,22-/m1/s1. The summed E-state index contributed by atoms with van der Waals surface area (Å²) in [6.45, 7) is -0.614. The number of rotatable bonds is 5. The van der Waals surface area contributed by atoms with E-state index in [1.54, 1.807) is 24.3 Å². The van der Waals surface area contributed by atoms with E-state index in [-0.39, 0.29) is 22.3 Å². The van der Waals surface area contributed by atoms with Gasteiger partial charge in [-0.05, 0) is 17.7 Å². The maximum atomic E-state index is 13.0. The monoisotopic (exact) mass is 446 g/mol. The second kappa shape index (κ2) is 8.77. The van der Waals surface area contributed by atoms with Crippen LogP contribution in [0.25, 0.3) is 22.1 Å². The molecule has 0 saturated carbocycles. The largest absolute Gasteiger partial charge is 0.507 e. The van der Waals surface area contributed by atoms with Crippen molar-refractivity contribution in [2.45, 2.75) is 30.7 Å². The molecule has 2 unspecified atom stereocenters. The molecule has 170 valence electrons. The van der Waals surface area contributed by atoms with Gasteiger partial charge in [-0.15, -0.1) is 0 Å². The molecule has 1 aromatic heterocycles. The molecule has 1 saturated heterocycles. The van der Waals surface area contributed by atoms with Crippen LogP contribution in [0, 0.1) is 0 Å². The minimum absolute atomic E-state index is 0.0202. The highest BCUT2D eigenvalue weighted by atomic mass is 16.7. The molecule has 1 fully saturated rings. The first-order valence-corrected chi connectivity index (χ1v) is 9.74. The Bertz CT molecular complexity index is 1150. The zero-order chi connectivity index (χ0) is 23.0. The zero-order valence-electron chi connectivity index (χ0n) is 16.9. The maximum absolute atomic E-state index is 13.0. The Morgan fingerprint density at radius 2 is 1.72 bits per heavy atom. The van der Waals surface area contributed by atoms with Crippen molar-refractivity contribution in [3.63, 3.8) is 0 Å². The third-order valence-corrected chi connectivity index (χ3v) is 5.33. The normalized spacial score (nSPS) is 25.6. The highest BCUT2D eigenvalue weighted by Crippen LogP contribution is 2.32. The number of methoxy groups -OCH3 is 1. The van der Waals surface area contributed by atoms with E-state index in [1.165, 1.54) is 19.4 Å². The zero-order valence-corrected chi connectivity index (χ0v) is 16.9. The topological polar surface area (TPSA) is 159 Å². The van der Waals surface area contributed by atoms with Gasteiger partial charge in [0.05, 0.1) is 19.3 Å². The van der Waals surface area contributed by atoms with Gasteiger partial charge in [-0.25, -0.2) is 0 Å². The fraction of sp³-hybridized carbons (Fsp3) is 0.318. The van der Waals surface area contributed by atoms with Crippen molar-refractivity contribution in [2.75, 3.05) is 13.7 Å². The van der Waals surface area contributed by atoms with E-state index in [0.29, 0.717) is 11.3 Å². The number of aliphatic hydroxyl groups excluding tert-OH is 4. The number of fused-ring (bicyclic) bond motifs is 1. The number of hydrogen-bond acceptors (Lipinski definition) is 10.